The van der Waals surface area contributed by atoms with Gasteiger partial charge in [0.2, 0.25) is 10.0 Å². The van der Waals surface area contributed by atoms with E-state index in [0.29, 0.717) is 5.76 Å². The summed E-state index contributed by atoms with van der Waals surface area (Å²) in [7, 11) is -3.37. The Bertz CT molecular complexity index is 329. The average Bonchev–Trinajstić information content (AvgIpc) is 2.52. The molecule has 1 aromatic rings. The summed E-state index contributed by atoms with van der Waals surface area (Å²) in [4.78, 5) is 0. The third-order valence-electron chi connectivity index (χ3n) is 1.41. The van der Waals surface area contributed by atoms with E-state index in [1.165, 1.54) is 6.26 Å². The maximum absolute atomic E-state index is 11.0. The number of hydrogen-bond acceptors (Lipinski definition) is 4. The predicted molar refractivity (Wildman–Crippen MR) is 46.4 cm³/mol. The molecule has 0 saturated heterocycles. The standard InChI is InChI=1S/C7H11NO4S/c9-3-5-13(10,11)8-6-7-2-1-4-12-7/h1-2,4,8-9H,3,5-6H2. The van der Waals surface area contributed by atoms with Crippen molar-refractivity contribution in [2.75, 3.05) is 12.4 Å². The Morgan fingerprint density at radius 2 is 2.31 bits per heavy atom. The van der Waals surface area contributed by atoms with Crippen LogP contribution in [0.1, 0.15) is 5.76 Å². The molecule has 0 aliphatic heterocycles. The molecule has 0 spiro atoms. The average molecular weight is 205 g/mol. The Morgan fingerprint density at radius 3 is 2.85 bits per heavy atom. The first-order valence-electron chi connectivity index (χ1n) is 3.74. The highest BCUT2D eigenvalue weighted by molar-refractivity contribution is 7.89. The van der Waals surface area contributed by atoms with Crippen molar-refractivity contribution in [2.45, 2.75) is 6.54 Å². The predicted octanol–water partition coefficient (Wildman–Crippen LogP) is -0.309. The fraction of sp³-hybridized carbons (Fsp3) is 0.429. The molecule has 0 radical (unpaired) electrons. The first-order valence-corrected chi connectivity index (χ1v) is 5.40. The fourth-order valence-electron chi connectivity index (χ4n) is 0.787. The quantitative estimate of drug-likeness (QED) is 0.691. The van der Waals surface area contributed by atoms with Gasteiger partial charge in [0.05, 0.1) is 25.2 Å². The highest BCUT2D eigenvalue weighted by Gasteiger charge is 2.08. The molecule has 6 heteroatoms. The summed E-state index contributed by atoms with van der Waals surface area (Å²) in [5.74, 6) is 0.259. The van der Waals surface area contributed by atoms with Crippen LogP contribution in [-0.4, -0.2) is 25.9 Å². The Hall–Kier alpha value is -0.850. The second kappa shape index (κ2) is 4.40. The number of aliphatic hydroxyl groups excluding tert-OH is 1. The summed E-state index contributed by atoms with van der Waals surface area (Å²) in [5.41, 5.74) is 0. The summed E-state index contributed by atoms with van der Waals surface area (Å²) >= 11 is 0. The Labute approximate surface area is 76.4 Å². The molecule has 0 amide bonds. The third-order valence-corrected chi connectivity index (χ3v) is 2.71. The van der Waals surface area contributed by atoms with Crippen molar-refractivity contribution in [2.24, 2.45) is 0 Å². The molecular formula is C7H11NO4S. The SMILES string of the molecule is O=S(=O)(CCO)NCc1ccco1. The minimum absolute atomic E-state index is 0.120. The van der Waals surface area contributed by atoms with Gasteiger partial charge in [-0.15, -0.1) is 0 Å². The molecule has 0 saturated carbocycles. The number of furan rings is 1. The van der Waals surface area contributed by atoms with Crippen molar-refractivity contribution in [1.82, 2.24) is 4.72 Å². The minimum Gasteiger partial charge on any atom is -0.468 e. The molecule has 5 nitrogen and oxygen atoms in total. The van der Waals surface area contributed by atoms with Crippen LogP contribution in [-0.2, 0) is 16.6 Å². The molecule has 0 aliphatic rings. The zero-order chi connectivity index (χ0) is 9.73. The Morgan fingerprint density at radius 1 is 1.54 bits per heavy atom. The number of aliphatic hydroxyl groups is 1. The highest BCUT2D eigenvalue weighted by Crippen LogP contribution is 1.99. The molecule has 0 aliphatic carbocycles. The van der Waals surface area contributed by atoms with E-state index in [0.717, 1.165) is 0 Å². The van der Waals surface area contributed by atoms with Crippen LogP contribution in [0.25, 0.3) is 0 Å². The van der Waals surface area contributed by atoms with Gasteiger partial charge in [-0.25, -0.2) is 13.1 Å². The largest absolute Gasteiger partial charge is 0.468 e. The molecule has 13 heavy (non-hydrogen) atoms. The van der Waals surface area contributed by atoms with Gasteiger partial charge in [-0.05, 0) is 12.1 Å². The van der Waals surface area contributed by atoms with Crippen LogP contribution in [0, 0.1) is 0 Å². The molecular weight excluding hydrogens is 194 g/mol. The molecule has 74 valence electrons. The summed E-state index contributed by atoms with van der Waals surface area (Å²) in [5, 5.41) is 8.42. The lowest BCUT2D eigenvalue weighted by Gasteiger charge is -2.02. The normalized spacial score (nSPS) is 11.8. The van der Waals surface area contributed by atoms with Crippen LogP contribution in [0.2, 0.25) is 0 Å². The topological polar surface area (TPSA) is 79.5 Å². The maximum Gasteiger partial charge on any atom is 0.214 e. The Balaban J connectivity index is 2.43. The van der Waals surface area contributed by atoms with Crippen LogP contribution in [0.15, 0.2) is 22.8 Å². The van der Waals surface area contributed by atoms with E-state index >= 15 is 0 Å². The van der Waals surface area contributed by atoms with E-state index < -0.39 is 10.0 Å². The van der Waals surface area contributed by atoms with Gasteiger partial charge < -0.3 is 9.52 Å². The number of hydrogen-bond donors (Lipinski definition) is 2. The summed E-state index contributed by atoms with van der Waals surface area (Å²) < 4.78 is 29.2. The van der Waals surface area contributed by atoms with Gasteiger partial charge in [0.25, 0.3) is 0 Å². The van der Waals surface area contributed by atoms with Crippen LogP contribution in [0.5, 0.6) is 0 Å². The first-order chi connectivity index (χ1) is 6.14. The van der Waals surface area contributed by atoms with Gasteiger partial charge >= 0.3 is 0 Å². The van der Waals surface area contributed by atoms with Crippen LogP contribution >= 0.6 is 0 Å². The molecule has 0 unspecified atom stereocenters. The van der Waals surface area contributed by atoms with Crippen molar-refractivity contribution in [3.05, 3.63) is 24.2 Å². The lowest BCUT2D eigenvalue weighted by Crippen LogP contribution is -2.27. The zero-order valence-corrected chi connectivity index (χ0v) is 7.75. The van der Waals surface area contributed by atoms with Crippen molar-refractivity contribution < 1.29 is 17.9 Å². The number of sulfonamides is 1. The first kappa shape index (κ1) is 10.2. The molecule has 0 atom stereocenters. The van der Waals surface area contributed by atoms with E-state index in [4.69, 9.17) is 9.52 Å². The monoisotopic (exact) mass is 205 g/mol. The van der Waals surface area contributed by atoms with Gasteiger partial charge in [0.1, 0.15) is 5.76 Å². The number of rotatable bonds is 5. The van der Waals surface area contributed by atoms with Crippen LogP contribution in [0.3, 0.4) is 0 Å². The molecule has 1 aromatic heterocycles. The fourth-order valence-corrected chi connectivity index (χ4v) is 1.53. The highest BCUT2D eigenvalue weighted by atomic mass is 32.2. The molecule has 1 rings (SSSR count). The second-order valence-electron chi connectivity index (χ2n) is 2.44. The van der Waals surface area contributed by atoms with E-state index in [1.807, 2.05) is 0 Å². The van der Waals surface area contributed by atoms with E-state index in [9.17, 15) is 8.42 Å². The van der Waals surface area contributed by atoms with Gasteiger partial charge in [0, 0.05) is 0 Å². The Kier molecular flexibility index (Phi) is 3.47. The van der Waals surface area contributed by atoms with Crippen molar-refractivity contribution in [1.29, 1.82) is 0 Å². The van der Waals surface area contributed by atoms with Crippen molar-refractivity contribution in [3.8, 4) is 0 Å². The maximum atomic E-state index is 11.0. The van der Waals surface area contributed by atoms with Gasteiger partial charge in [-0.3, -0.25) is 0 Å². The lowest BCUT2D eigenvalue weighted by atomic mass is 10.5. The van der Waals surface area contributed by atoms with Gasteiger partial charge in [-0.1, -0.05) is 0 Å². The number of nitrogens with one attached hydrogen (secondary N) is 1. The van der Waals surface area contributed by atoms with E-state index in [1.54, 1.807) is 12.1 Å². The van der Waals surface area contributed by atoms with E-state index in [2.05, 4.69) is 4.72 Å². The molecule has 0 fully saturated rings. The smallest absolute Gasteiger partial charge is 0.214 e. The summed E-state index contributed by atoms with van der Waals surface area (Å²) in [6.45, 7) is -0.261. The summed E-state index contributed by atoms with van der Waals surface area (Å²) in [6, 6.07) is 3.34. The minimum atomic E-state index is -3.37. The molecule has 0 aromatic carbocycles. The van der Waals surface area contributed by atoms with Crippen molar-refractivity contribution in [3.63, 3.8) is 0 Å². The van der Waals surface area contributed by atoms with E-state index in [-0.39, 0.29) is 18.9 Å². The molecule has 1 heterocycles. The lowest BCUT2D eigenvalue weighted by molar-refractivity contribution is 0.319. The third kappa shape index (κ3) is 3.58. The van der Waals surface area contributed by atoms with Gasteiger partial charge in [0.15, 0.2) is 0 Å². The van der Waals surface area contributed by atoms with Gasteiger partial charge in [-0.2, -0.15) is 0 Å². The van der Waals surface area contributed by atoms with Crippen molar-refractivity contribution >= 4 is 10.0 Å². The van der Waals surface area contributed by atoms with Crippen LogP contribution < -0.4 is 4.72 Å². The van der Waals surface area contributed by atoms with Crippen LogP contribution in [0.4, 0.5) is 0 Å². The second-order valence-corrected chi connectivity index (χ2v) is 4.37. The molecule has 2 N–H and O–H groups in total. The summed E-state index contributed by atoms with van der Waals surface area (Å²) in [6.07, 6.45) is 1.47. The zero-order valence-electron chi connectivity index (χ0n) is 6.93. The molecule has 0 bridgehead atoms.